The van der Waals surface area contributed by atoms with Crippen molar-refractivity contribution in [2.24, 2.45) is 13.0 Å². The van der Waals surface area contributed by atoms with Gasteiger partial charge in [0.1, 0.15) is 4.90 Å². The number of sulfonamides is 1. The number of hydrogen-bond donors (Lipinski definition) is 0. The number of alkyl halides is 1. The molecule has 0 amide bonds. The molecule has 0 atom stereocenters. The molecule has 2 rings (SSSR count). The third kappa shape index (κ3) is 2.73. The van der Waals surface area contributed by atoms with E-state index in [1.165, 1.54) is 0 Å². The standard InChI is InChI=1S/C12H20BrN3O2S/c1-9-12(10(2)15(3)14-9)19(17,18)16-6-4-11(8-13)5-7-16/h11H,4-8H2,1-3H3. The lowest BCUT2D eigenvalue weighted by atomic mass is 10.0. The molecule has 5 nitrogen and oxygen atoms in total. The van der Waals surface area contributed by atoms with Crippen LogP contribution in [0.5, 0.6) is 0 Å². The van der Waals surface area contributed by atoms with Crippen LogP contribution in [0.25, 0.3) is 0 Å². The van der Waals surface area contributed by atoms with Crippen molar-refractivity contribution >= 4 is 26.0 Å². The molecule has 108 valence electrons. The van der Waals surface area contributed by atoms with Gasteiger partial charge in [-0.15, -0.1) is 0 Å². The Morgan fingerprint density at radius 2 is 1.89 bits per heavy atom. The Labute approximate surface area is 123 Å². The first-order valence-corrected chi connectivity index (χ1v) is 9.00. The lowest BCUT2D eigenvalue weighted by molar-refractivity contribution is 0.291. The van der Waals surface area contributed by atoms with Gasteiger partial charge in [0.2, 0.25) is 10.0 Å². The summed E-state index contributed by atoms with van der Waals surface area (Å²) in [6.45, 7) is 4.77. The van der Waals surface area contributed by atoms with E-state index in [0.717, 1.165) is 18.2 Å². The summed E-state index contributed by atoms with van der Waals surface area (Å²) in [4.78, 5) is 0.382. The molecule has 0 bridgehead atoms. The Hall–Kier alpha value is -0.400. The first-order valence-electron chi connectivity index (χ1n) is 6.44. The van der Waals surface area contributed by atoms with Crippen LogP contribution in [0, 0.1) is 19.8 Å². The molecule has 1 aromatic heterocycles. The zero-order chi connectivity index (χ0) is 14.2. The van der Waals surface area contributed by atoms with E-state index in [0.29, 0.717) is 35.3 Å². The fourth-order valence-corrected chi connectivity index (χ4v) is 5.08. The normalized spacial score (nSPS) is 18.9. The summed E-state index contributed by atoms with van der Waals surface area (Å²) in [7, 11) is -1.62. The number of aromatic nitrogens is 2. The Morgan fingerprint density at radius 3 is 2.32 bits per heavy atom. The summed E-state index contributed by atoms with van der Waals surface area (Å²) in [6, 6.07) is 0. The Morgan fingerprint density at radius 1 is 1.32 bits per heavy atom. The highest BCUT2D eigenvalue weighted by molar-refractivity contribution is 9.09. The van der Waals surface area contributed by atoms with E-state index in [-0.39, 0.29) is 0 Å². The maximum absolute atomic E-state index is 12.7. The number of halogens is 1. The second kappa shape index (κ2) is 5.54. The van der Waals surface area contributed by atoms with Crippen molar-refractivity contribution in [1.29, 1.82) is 0 Å². The van der Waals surface area contributed by atoms with Crippen molar-refractivity contribution < 1.29 is 8.42 Å². The van der Waals surface area contributed by atoms with Crippen LogP contribution >= 0.6 is 15.9 Å². The number of hydrogen-bond acceptors (Lipinski definition) is 3. The van der Waals surface area contributed by atoms with Gasteiger partial charge in [-0.2, -0.15) is 9.40 Å². The Balaban J connectivity index is 2.28. The van der Waals surface area contributed by atoms with Gasteiger partial charge in [-0.25, -0.2) is 8.42 Å². The molecule has 1 aromatic rings. The smallest absolute Gasteiger partial charge is 0.246 e. The molecule has 7 heteroatoms. The highest BCUT2D eigenvalue weighted by atomic mass is 79.9. The molecular weight excluding hydrogens is 330 g/mol. The molecule has 1 aliphatic rings. The molecule has 0 radical (unpaired) electrons. The van der Waals surface area contributed by atoms with Crippen LogP contribution in [0.15, 0.2) is 4.90 Å². The summed E-state index contributed by atoms with van der Waals surface area (Å²) >= 11 is 3.47. The second-order valence-electron chi connectivity index (χ2n) is 5.13. The van der Waals surface area contributed by atoms with Crippen LogP contribution in [0.4, 0.5) is 0 Å². The minimum atomic E-state index is -3.40. The molecule has 0 unspecified atom stereocenters. The molecule has 19 heavy (non-hydrogen) atoms. The Bertz CT molecular complexity index is 560. The molecule has 1 aliphatic heterocycles. The van der Waals surface area contributed by atoms with E-state index in [2.05, 4.69) is 21.0 Å². The van der Waals surface area contributed by atoms with Crippen LogP contribution in [0.1, 0.15) is 24.2 Å². The molecule has 1 fully saturated rings. The molecule has 0 N–H and O–H groups in total. The average Bonchev–Trinajstić information content (AvgIpc) is 2.63. The monoisotopic (exact) mass is 349 g/mol. The lowest BCUT2D eigenvalue weighted by Crippen LogP contribution is -2.39. The van der Waals surface area contributed by atoms with Crippen molar-refractivity contribution in [3.63, 3.8) is 0 Å². The predicted octanol–water partition coefficient (Wildman–Crippen LogP) is 1.83. The summed E-state index contributed by atoms with van der Waals surface area (Å²) < 4.78 is 28.6. The van der Waals surface area contributed by atoms with Gasteiger partial charge in [0.15, 0.2) is 0 Å². The van der Waals surface area contributed by atoms with Gasteiger partial charge in [0.05, 0.1) is 11.4 Å². The molecule has 0 saturated carbocycles. The number of piperidine rings is 1. The van der Waals surface area contributed by atoms with Crippen LogP contribution in [0.2, 0.25) is 0 Å². The van der Waals surface area contributed by atoms with Gasteiger partial charge < -0.3 is 0 Å². The molecular formula is C12H20BrN3O2S. The van der Waals surface area contributed by atoms with Gasteiger partial charge in [-0.1, -0.05) is 15.9 Å². The second-order valence-corrected chi connectivity index (χ2v) is 7.65. The fraction of sp³-hybridized carbons (Fsp3) is 0.750. The highest BCUT2D eigenvalue weighted by Crippen LogP contribution is 2.27. The summed E-state index contributed by atoms with van der Waals surface area (Å²) in [5.41, 5.74) is 1.29. The fourth-order valence-electron chi connectivity index (χ4n) is 2.56. The first kappa shape index (κ1) is 15.0. The van der Waals surface area contributed by atoms with Crippen LogP contribution in [-0.4, -0.2) is 40.9 Å². The number of nitrogens with zero attached hydrogens (tertiary/aromatic N) is 3. The maximum atomic E-state index is 12.7. The van der Waals surface area contributed by atoms with Crippen molar-refractivity contribution in [3.8, 4) is 0 Å². The van der Waals surface area contributed by atoms with E-state index in [1.807, 2.05) is 0 Å². The van der Waals surface area contributed by atoms with Crippen molar-refractivity contribution in [3.05, 3.63) is 11.4 Å². The Kier molecular flexibility index (Phi) is 4.37. The van der Waals surface area contributed by atoms with E-state index in [4.69, 9.17) is 0 Å². The van der Waals surface area contributed by atoms with Gasteiger partial charge in [-0.05, 0) is 32.6 Å². The van der Waals surface area contributed by atoms with Crippen LogP contribution < -0.4 is 0 Å². The quantitative estimate of drug-likeness (QED) is 0.782. The summed E-state index contributed by atoms with van der Waals surface area (Å²) in [5, 5.41) is 5.16. The third-order valence-corrected chi connectivity index (χ3v) is 6.90. The molecule has 1 saturated heterocycles. The minimum absolute atomic E-state index is 0.382. The van der Waals surface area contributed by atoms with Crippen molar-refractivity contribution in [2.45, 2.75) is 31.6 Å². The molecule has 0 spiro atoms. The topological polar surface area (TPSA) is 55.2 Å². The average molecular weight is 350 g/mol. The highest BCUT2D eigenvalue weighted by Gasteiger charge is 2.33. The molecule has 2 heterocycles. The lowest BCUT2D eigenvalue weighted by Gasteiger charge is -2.30. The summed E-state index contributed by atoms with van der Waals surface area (Å²) in [5.74, 6) is 0.586. The van der Waals surface area contributed by atoms with Gasteiger partial charge >= 0.3 is 0 Å². The zero-order valence-corrected chi connectivity index (χ0v) is 14.0. The van der Waals surface area contributed by atoms with E-state index in [1.54, 1.807) is 29.9 Å². The number of aryl methyl sites for hydroxylation is 2. The van der Waals surface area contributed by atoms with Crippen LogP contribution in [-0.2, 0) is 17.1 Å². The molecule has 0 aromatic carbocycles. The van der Waals surface area contributed by atoms with Crippen LogP contribution in [0.3, 0.4) is 0 Å². The van der Waals surface area contributed by atoms with E-state index >= 15 is 0 Å². The first-order chi connectivity index (χ1) is 8.87. The SMILES string of the molecule is Cc1nn(C)c(C)c1S(=O)(=O)N1CCC(CBr)CC1. The van der Waals surface area contributed by atoms with Crippen molar-refractivity contribution in [1.82, 2.24) is 14.1 Å². The van der Waals surface area contributed by atoms with E-state index < -0.39 is 10.0 Å². The van der Waals surface area contributed by atoms with Gasteiger partial charge in [0.25, 0.3) is 0 Å². The van der Waals surface area contributed by atoms with E-state index in [9.17, 15) is 8.42 Å². The zero-order valence-electron chi connectivity index (χ0n) is 11.6. The minimum Gasteiger partial charge on any atom is -0.271 e. The number of rotatable bonds is 3. The molecule has 0 aliphatic carbocycles. The summed E-state index contributed by atoms with van der Waals surface area (Å²) in [6.07, 6.45) is 1.84. The van der Waals surface area contributed by atoms with Crippen molar-refractivity contribution in [2.75, 3.05) is 18.4 Å². The largest absolute Gasteiger partial charge is 0.271 e. The maximum Gasteiger partial charge on any atom is 0.246 e. The van der Waals surface area contributed by atoms with Gasteiger partial charge in [-0.3, -0.25) is 4.68 Å². The van der Waals surface area contributed by atoms with Gasteiger partial charge in [0, 0.05) is 25.5 Å². The predicted molar refractivity (Wildman–Crippen MR) is 78.0 cm³/mol. The third-order valence-electron chi connectivity index (χ3n) is 3.83.